The second-order valence-corrected chi connectivity index (χ2v) is 7.84. The van der Waals surface area contributed by atoms with E-state index in [1.807, 2.05) is 24.3 Å². The highest BCUT2D eigenvalue weighted by atomic mass is 32.2. The van der Waals surface area contributed by atoms with Crippen LogP contribution in [0, 0.1) is 5.92 Å². The predicted molar refractivity (Wildman–Crippen MR) is 103 cm³/mol. The van der Waals surface area contributed by atoms with Crippen molar-refractivity contribution in [3.05, 3.63) is 54.1 Å². The number of amides is 1. The number of fused-ring (bicyclic) bond motifs is 1. The van der Waals surface area contributed by atoms with Crippen LogP contribution in [0.1, 0.15) is 18.4 Å². The summed E-state index contributed by atoms with van der Waals surface area (Å²) in [4.78, 5) is 13.5. The first-order chi connectivity index (χ1) is 12.8. The van der Waals surface area contributed by atoms with Gasteiger partial charge in [0.2, 0.25) is 5.91 Å². The third-order valence-electron chi connectivity index (χ3n) is 4.72. The Kier molecular flexibility index (Phi) is 5.34. The van der Waals surface area contributed by atoms with Crippen molar-refractivity contribution in [3.63, 3.8) is 0 Å². The lowest BCUT2D eigenvalue weighted by atomic mass is 10.0. The van der Waals surface area contributed by atoms with Gasteiger partial charge in [-0.15, -0.1) is 11.8 Å². The zero-order valence-electron chi connectivity index (χ0n) is 14.6. The average molecular weight is 369 g/mol. The molecule has 1 saturated carbocycles. The van der Waals surface area contributed by atoms with Crippen LogP contribution in [0.5, 0.6) is 11.5 Å². The molecule has 2 aromatic carbocycles. The number of nitrogens with one attached hydrogen (secondary N) is 1. The Morgan fingerprint density at radius 2 is 1.85 bits per heavy atom. The number of carbonyl (C=O) groups excluding carboxylic acids is 1. The lowest BCUT2D eigenvalue weighted by Gasteiger charge is -2.19. The predicted octanol–water partition coefficient (Wildman–Crippen LogP) is 3.69. The summed E-state index contributed by atoms with van der Waals surface area (Å²) >= 11 is 1.53. The number of hydrogen-bond donors (Lipinski definition) is 1. The van der Waals surface area contributed by atoms with E-state index in [2.05, 4.69) is 29.6 Å². The summed E-state index contributed by atoms with van der Waals surface area (Å²) in [5.74, 6) is 2.68. The zero-order valence-corrected chi connectivity index (χ0v) is 15.5. The molecule has 0 saturated heterocycles. The van der Waals surface area contributed by atoms with Gasteiger partial charge in [0.15, 0.2) is 11.5 Å². The molecule has 2 aromatic rings. The van der Waals surface area contributed by atoms with Gasteiger partial charge in [0.1, 0.15) is 13.2 Å². The molecule has 26 heavy (non-hydrogen) atoms. The lowest BCUT2D eigenvalue weighted by molar-refractivity contribution is -0.119. The van der Waals surface area contributed by atoms with Crippen molar-refractivity contribution in [2.75, 3.05) is 19.0 Å². The molecule has 0 aromatic heterocycles. The Bertz CT molecular complexity index is 761. The van der Waals surface area contributed by atoms with Crippen molar-refractivity contribution in [3.8, 4) is 11.5 Å². The van der Waals surface area contributed by atoms with Crippen molar-refractivity contribution < 1.29 is 14.3 Å². The Morgan fingerprint density at radius 3 is 2.62 bits per heavy atom. The van der Waals surface area contributed by atoms with Crippen LogP contribution in [0.15, 0.2) is 53.4 Å². The standard InChI is InChI=1S/C21H23NO3S/c23-21(14-26-17-8-9-19-20(13-17)25-11-10-24-19)22-18(16-6-7-16)12-15-4-2-1-3-5-15/h1-5,8-9,13,16,18H,6-7,10-12,14H2,(H,22,23). The molecule has 1 atom stereocenters. The summed E-state index contributed by atoms with van der Waals surface area (Å²) in [5, 5.41) is 3.24. The summed E-state index contributed by atoms with van der Waals surface area (Å²) < 4.78 is 11.1. The first-order valence-corrected chi connectivity index (χ1v) is 10.1. The highest BCUT2D eigenvalue weighted by Gasteiger charge is 2.32. The van der Waals surface area contributed by atoms with Gasteiger partial charge >= 0.3 is 0 Å². The highest BCUT2D eigenvalue weighted by molar-refractivity contribution is 8.00. The van der Waals surface area contributed by atoms with Gasteiger partial charge in [0, 0.05) is 10.9 Å². The van der Waals surface area contributed by atoms with Gasteiger partial charge in [-0.05, 0) is 48.9 Å². The molecule has 1 N–H and O–H groups in total. The molecule has 1 unspecified atom stereocenters. The van der Waals surface area contributed by atoms with Gasteiger partial charge in [0.05, 0.1) is 5.75 Å². The Hall–Kier alpha value is -2.14. The van der Waals surface area contributed by atoms with Crippen LogP contribution in [0.25, 0.3) is 0 Å². The number of thioether (sulfide) groups is 1. The minimum atomic E-state index is 0.0951. The maximum Gasteiger partial charge on any atom is 0.230 e. The second kappa shape index (κ2) is 8.04. The summed E-state index contributed by atoms with van der Waals surface area (Å²) in [6, 6.07) is 16.5. The third kappa shape index (κ3) is 4.52. The van der Waals surface area contributed by atoms with E-state index in [4.69, 9.17) is 9.47 Å². The third-order valence-corrected chi connectivity index (χ3v) is 5.71. The first kappa shape index (κ1) is 17.3. The average Bonchev–Trinajstić information content (AvgIpc) is 3.52. The molecule has 5 heteroatoms. The van der Waals surface area contributed by atoms with Gasteiger partial charge in [-0.2, -0.15) is 0 Å². The van der Waals surface area contributed by atoms with Gasteiger partial charge in [-0.25, -0.2) is 0 Å². The summed E-state index contributed by atoms with van der Waals surface area (Å²) in [7, 11) is 0. The van der Waals surface area contributed by atoms with E-state index >= 15 is 0 Å². The van der Waals surface area contributed by atoms with E-state index in [-0.39, 0.29) is 11.9 Å². The molecule has 0 spiro atoms. The Balaban J connectivity index is 1.31. The molecular weight excluding hydrogens is 346 g/mol. The van der Waals surface area contributed by atoms with E-state index in [1.54, 1.807) is 0 Å². The van der Waals surface area contributed by atoms with Gasteiger partial charge < -0.3 is 14.8 Å². The van der Waals surface area contributed by atoms with Crippen molar-refractivity contribution in [2.24, 2.45) is 5.92 Å². The number of carbonyl (C=O) groups is 1. The molecule has 2 aliphatic rings. The summed E-state index contributed by atoms with van der Waals surface area (Å²) in [6.07, 6.45) is 3.34. The van der Waals surface area contributed by atoms with E-state index in [9.17, 15) is 4.79 Å². The molecule has 1 fully saturated rings. The van der Waals surface area contributed by atoms with Crippen LogP contribution in [-0.4, -0.2) is 30.9 Å². The van der Waals surface area contributed by atoms with Crippen LogP contribution in [0.4, 0.5) is 0 Å². The molecule has 1 aliphatic heterocycles. The molecule has 136 valence electrons. The molecule has 1 heterocycles. The normalized spacial score (nSPS) is 16.8. The first-order valence-electron chi connectivity index (χ1n) is 9.14. The Morgan fingerprint density at radius 1 is 1.08 bits per heavy atom. The van der Waals surface area contributed by atoms with Crippen LogP contribution in [0.2, 0.25) is 0 Å². The maximum atomic E-state index is 12.5. The van der Waals surface area contributed by atoms with Crippen molar-refractivity contribution in [1.82, 2.24) is 5.32 Å². The lowest BCUT2D eigenvalue weighted by Crippen LogP contribution is -2.39. The van der Waals surface area contributed by atoms with Crippen LogP contribution in [0.3, 0.4) is 0 Å². The van der Waals surface area contributed by atoms with Crippen molar-refractivity contribution in [1.29, 1.82) is 0 Å². The molecule has 4 nitrogen and oxygen atoms in total. The van der Waals surface area contributed by atoms with Gasteiger partial charge in [-0.3, -0.25) is 4.79 Å². The minimum Gasteiger partial charge on any atom is -0.486 e. The summed E-state index contributed by atoms with van der Waals surface area (Å²) in [5.41, 5.74) is 1.28. The molecule has 0 radical (unpaired) electrons. The monoisotopic (exact) mass is 369 g/mol. The number of benzene rings is 2. The van der Waals surface area contributed by atoms with Crippen molar-refractivity contribution >= 4 is 17.7 Å². The highest BCUT2D eigenvalue weighted by Crippen LogP contribution is 2.35. The topological polar surface area (TPSA) is 47.6 Å². The largest absolute Gasteiger partial charge is 0.486 e. The second-order valence-electron chi connectivity index (χ2n) is 6.80. The quantitative estimate of drug-likeness (QED) is 0.756. The van der Waals surface area contributed by atoms with Crippen LogP contribution in [-0.2, 0) is 11.2 Å². The van der Waals surface area contributed by atoms with E-state index in [1.165, 1.54) is 30.2 Å². The minimum absolute atomic E-state index is 0.0951. The zero-order chi connectivity index (χ0) is 17.8. The van der Waals surface area contributed by atoms with Gasteiger partial charge in [-0.1, -0.05) is 30.3 Å². The molecule has 0 bridgehead atoms. The SMILES string of the molecule is O=C(CSc1ccc2c(c1)OCCO2)NC(Cc1ccccc1)C1CC1. The fraction of sp³-hybridized carbons (Fsp3) is 0.381. The maximum absolute atomic E-state index is 12.5. The fourth-order valence-corrected chi connectivity index (χ4v) is 3.95. The van der Waals surface area contributed by atoms with E-state index in [0.29, 0.717) is 24.9 Å². The molecule has 4 rings (SSSR count). The van der Waals surface area contributed by atoms with Crippen LogP contribution < -0.4 is 14.8 Å². The fourth-order valence-electron chi connectivity index (χ4n) is 3.21. The molecule has 1 aliphatic carbocycles. The molecule has 1 amide bonds. The van der Waals surface area contributed by atoms with E-state index in [0.717, 1.165) is 22.8 Å². The Labute approximate surface area is 158 Å². The van der Waals surface area contributed by atoms with Crippen molar-refractivity contribution in [2.45, 2.75) is 30.2 Å². The number of rotatable bonds is 7. The van der Waals surface area contributed by atoms with Gasteiger partial charge in [0.25, 0.3) is 0 Å². The number of hydrogen-bond acceptors (Lipinski definition) is 4. The molecular formula is C21H23NO3S. The number of ether oxygens (including phenoxy) is 2. The summed E-state index contributed by atoms with van der Waals surface area (Å²) in [6.45, 7) is 1.16. The van der Waals surface area contributed by atoms with Crippen LogP contribution >= 0.6 is 11.8 Å². The van der Waals surface area contributed by atoms with E-state index < -0.39 is 0 Å². The smallest absolute Gasteiger partial charge is 0.230 e.